The smallest absolute Gasteiger partial charge is 0.133 e. The lowest BCUT2D eigenvalue weighted by molar-refractivity contribution is 0.0780. The minimum atomic E-state index is -0.0623. The van der Waals surface area contributed by atoms with E-state index in [-0.39, 0.29) is 6.04 Å². The van der Waals surface area contributed by atoms with E-state index in [2.05, 4.69) is 48.2 Å². The standard InChI is InChI=1S/C14H21N3S/c1-4-12-10-17(7-6-16(12)3)13(9-15)14-11(2)5-8-18-14/h5,8,12-13H,4,6-7,10H2,1-3H3. The lowest BCUT2D eigenvalue weighted by atomic mass is 10.1. The van der Waals surface area contributed by atoms with Gasteiger partial charge >= 0.3 is 0 Å². The van der Waals surface area contributed by atoms with Crippen molar-refractivity contribution in [2.24, 2.45) is 0 Å². The molecule has 1 fully saturated rings. The normalized spacial score (nSPS) is 23.8. The molecule has 0 N–H and O–H groups in total. The van der Waals surface area contributed by atoms with Crippen LogP contribution in [0.1, 0.15) is 29.8 Å². The molecular formula is C14H21N3S. The van der Waals surface area contributed by atoms with Crippen LogP contribution in [0, 0.1) is 18.3 Å². The topological polar surface area (TPSA) is 30.3 Å². The quantitative estimate of drug-likeness (QED) is 0.840. The maximum Gasteiger partial charge on any atom is 0.133 e. The Balaban J connectivity index is 2.15. The predicted molar refractivity (Wildman–Crippen MR) is 75.7 cm³/mol. The Labute approximate surface area is 114 Å². The van der Waals surface area contributed by atoms with Gasteiger partial charge in [0.1, 0.15) is 6.04 Å². The van der Waals surface area contributed by atoms with Crippen molar-refractivity contribution in [2.45, 2.75) is 32.4 Å². The lowest BCUT2D eigenvalue weighted by Crippen LogP contribution is -2.51. The van der Waals surface area contributed by atoms with Crippen molar-refractivity contribution in [3.05, 3.63) is 21.9 Å². The minimum Gasteiger partial charge on any atom is -0.301 e. The molecule has 1 aliphatic rings. The molecule has 98 valence electrons. The number of aryl methyl sites for hydroxylation is 1. The molecule has 1 aromatic rings. The summed E-state index contributed by atoms with van der Waals surface area (Å²) in [5.74, 6) is 0. The second kappa shape index (κ2) is 5.83. The van der Waals surface area contributed by atoms with Crippen LogP contribution < -0.4 is 0 Å². The van der Waals surface area contributed by atoms with Crippen LogP contribution in [0.2, 0.25) is 0 Å². The molecule has 2 heterocycles. The van der Waals surface area contributed by atoms with E-state index < -0.39 is 0 Å². The molecule has 3 nitrogen and oxygen atoms in total. The van der Waals surface area contributed by atoms with Crippen molar-refractivity contribution in [3.63, 3.8) is 0 Å². The van der Waals surface area contributed by atoms with E-state index in [0.29, 0.717) is 6.04 Å². The van der Waals surface area contributed by atoms with Crippen LogP contribution in [0.3, 0.4) is 0 Å². The van der Waals surface area contributed by atoms with Crippen molar-refractivity contribution in [3.8, 4) is 6.07 Å². The molecule has 0 spiro atoms. The van der Waals surface area contributed by atoms with Gasteiger partial charge in [0.25, 0.3) is 0 Å². The first-order valence-corrected chi connectivity index (χ1v) is 7.43. The molecule has 2 unspecified atom stereocenters. The number of hydrogen-bond acceptors (Lipinski definition) is 4. The summed E-state index contributed by atoms with van der Waals surface area (Å²) in [6, 6.07) is 5.12. The van der Waals surface area contributed by atoms with Gasteiger partial charge in [0, 0.05) is 30.6 Å². The molecule has 0 aromatic carbocycles. The SMILES string of the molecule is CCC1CN(C(C#N)c2sccc2C)CCN1C. The Morgan fingerprint density at radius 2 is 2.33 bits per heavy atom. The summed E-state index contributed by atoms with van der Waals surface area (Å²) in [7, 11) is 2.18. The van der Waals surface area contributed by atoms with Gasteiger partial charge in [-0.25, -0.2) is 0 Å². The Morgan fingerprint density at radius 3 is 2.89 bits per heavy atom. The first-order valence-electron chi connectivity index (χ1n) is 6.55. The van der Waals surface area contributed by atoms with E-state index in [9.17, 15) is 5.26 Å². The molecule has 0 aliphatic carbocycles. The number of rotatable bonds is 3. The van der Waals surface area contributed by atoms with Crippen LogP contribution in [0.5, 0.6) is 0 Å². The first-order chi connectivity index (χ1) is 8.67. The van der Waals surface area contributed by atoms with Gasteiger partial charge < -0.3 is 4.90 Å². The summed E-state index contributed by atoms with van der Waals surface area (Å²) >= 11 is 1.71. The zero-order valence-corrected chi connectivity index (χ0v) is 12.2. The molecule has 1 aliphatic heterocycles. The summed E-state index contributed by atoms with van der Waals surface area (Å²) in [5, 5.41) is 11.6. The molecule has 0 bridgehead atoms. The number of hydrogen-bond donors (Lipinski definition) is 0. The van der Waals surface area contributed by atoms with E-state index >= 15 is 0 Å². The third-order valence-corrected chi connectivity index (χ3v) is 4.99. The molecule has 0 amide bonds. The molecule has 2 rings (SSSR count). The van der Waals surface area contributed by atoms with Gasteiger partial charge in [-0.1, -0.05) is 6.92 Å². The van der Waals surface area contributed by atoms with Crippen LogP contribution >= 0.6 is 11.3 Å². The summed E-state index contributed by atoms with van der Waals surface area (Å²) in [4.78, 5) is 5.97. The molecule has 2 atom stereocenters. The number of likely N-dealkylation sites (N-methyl/N-ethyl adjacent to an activating group) is 1. The second-order valence-electron chi connectivity index (χ2n) is 5.04. The highest BCUT2D eigenvalue weighted by atomic mass is 32.1. The van der Waals surface area contributed by atoms with Crippen LogP contribution in [-0.4, -0.2) is 42.5 Å². The third kappa shape index (κ3) is 2.59. The van der Waals surface area contributed by atoms with Crippen molar-refractivity contribution >= 4 is 11.3 Å². The van der Waals surface area contributed by atoms with Crippen LogP contribution in [0.25, 0.3) is 0 Å². The van der Waals surface area contributed by atoms with Crippen molar-refractivity contribution in [1.82, 2.24) is 9.80 Å². The maximum absolute atomic E-state index is 9.50. The summed E-state index contributed by atoms with van der Waals surface area (Å²) < 4.78 is 0. The fraction of sp³-hybridized carbons (Fsp3) is 0.643. The van der Waals surface area contributed by atoms with Gasteiger partial charge in [-0.05, 0) is 37.4 Å². The minimum absolute atomic E-state index is 0.0623. The van der Waals surface area contributed by atoms with Gasteiger partial charge in [-0.15, -0.1) is 11.3 Å². The largest absolute Gasteiger partial charge is 0.301 e. The fourth-order valence-electron chi connectivity index (χ4n) is 2.62. The molecule has 18 heavy (non-hydrogen) atoms. The monoisotopic (exact) mass is 263 g/mol. The van der Waals surface area contributed by atoms with E-state index in [1.165, 1.54) is 10.4 Å². The zero-order chi connectivity index (χ0) is 13.1. The van der Waals surface area contributed by atoms with Gasteiger partial charge in [-0.2, -0.15) is 5.26 Å². The predicted octanol–water partition coefficient (Wildman–Crippen LogP) is 2.65. The average molecular weight is 263 g/mol. The highest BCUT2D eigenvalue weighted by Crippen LogP contribution is 2.30. The highest BCUT2D eigenvalue weighted by Gasteiger charge is 2.29. The van der Waals surface area contributed by atoms with Gasteiger partial charge in [0.05, 0.1) is 6.07 Å². The summed E-state index contributed by atoms with van der Waals surface area (Å²) in [5.41, 5.74) is 1.25. The van der Waals surface area contributed by atoms with E-state index in [0.717, 1.165) is 26.1 Å². The van der Waals surface area contributed by atoms with Crippen molar-refractivity contribution in [2.75, 3.05) is 26.7 Å². The zero-order valence-electron chi connectivity index (χ0n) is 11.4. The van der Waals surface area contributed by atoms with E-state index in [4.69, 9.17) is 0 Å². The third-order valence-electron chi connectivity index (χ3n) is 3.92. The fourth-order valence-corrected chi connectivity index (χ4v) is 3.62. The van der Waals surface area contributed by atoms with E-state index in [1.807, 2.05) is 0 Å². The molecule has 1 saturated heterocycles. The van der Waals surface area contributed by atoms with Crippen LogP contribution in [0.4, 0.5) is 0 Å². The lowest BCUT2D eigenvalue weighted by Gasteiger charge is -2.40. The average Bonchev–Trinajstić information content (AvgIpc) is 2.79. The second-order valence-corrected chi connectivity index (χ2v) is 5.98. The Bertz CT molecular complexity index is 434. The maximum atomic E-state index is 9.50. The Hall–Kier alpha value is -0.890. The molecular weight excluding hydrogens is 242 g/mol. The number of thiophene rings is 1. The van der Waals surface area contributed by atoms with Gasteiger partial charge in [0.15, 0.2) is 0 Å². The summed E-state index contributed by atoms with van der Waals surface area (Å²) in [6.45, 7) is 7.37. The Morgan fingerprint density at radius 1 is 1.56 bits per heavy atom. The molecule has 1 aromatic heterocycles. The van der Waals surface area contributed by atoms with Crippen LogP contribution in [0.15, 0.2) is 11.4 Å². The molecule has 0 radical (unpaired) electrons. The number of piperazine rings is 1. The van der Waals surface area contributed by atoms with Crippen molar-refractivity contribution in [1.29, 1.82) is 5.26 Å². The van der Waals surface area contributed by atoms with Gasteiger partial charge in [-0.3, -0.25) is 4.90 Å². The van der Waals surface area contributed by atoms with Crippen molar-refractivity contribution < 1.29 is 0 Å². The first kappa shape index (κ1) is 13.5. The number of nitrogens with zero attached hydrogens (tertiary/aromatic N) is 3. The number of nitriles is 1. The molecule has 0 saturated carbocycles. The van der Waals surface area contributed by atoms with Gasteiger partial charge in [0.2, 0.25) is 0 Å². The molecule has 4 heteroatoms. The highest BCUT2D eigenvalue weighted by molar-refractivity contribution is 7.10. The summed E-state index contributed by atoms with van der Waals surface area (Å²) in [6.07, 6.45) is 1.15. The Kier molecular flexibility index (Phi) is 4.39. The van der Waals surface area contributed by atoms with E-state index in [1.54, 1.807) is 11.3 Å². The van der Waals surface area contributed by atoms with Crippen LogP contribution in [-0.2, 0) is 0 Å².